The maximum absolute atomic E-state index is 12.5. The first kappa shape index (κ1) is 20.8. The monoisotopic (exact) mass is 360 g/mol. The minimum atomic E-state index is -1.91. The summed E-state index contributed by atoms with van der Waals surface area (Å²) in [6.45, 7) is 4.92. The van der Waals surface area contributed by atoms with Gasteiger partial charge < -0.3 is 15.3 Å². The number of amides is 1. The molecule has 1 rings (SSSR count). The Balaban J connectivity index is 3.24. The first-order valence-corrected chi connectivity index (χ1v) is 7.62. The molecular formula is C18H20N2O6. The molecule has 1 amide bonds. The maximum atomic E-state index is 12.5. The van der Waals surface area contributed by atoms with Crippen molar-refractivity contribution in [3.05, 3.63) is 41.5 Å². The van der Waals surface area contributed by atoms with Crippen LogP contribution in [-0.2, 0) is 23.9 Å². The molecule has 26 heavy (non-hydrogen) atoms. The first-order chi connectivity index (χ1) is 12.2. The molecule has 1 atom stereocenters. The molecule has 0 spiro atoms. The van der Waals surface area contributed by atoms with Gasteiger partial charge in [0.2, 0.25) is 5.78 Å². The highest BCUT2D eigenvalue weighted by Gasteiger charge is 2.39. The van der Waals surface area contributed by atoms with Gasteiger partial charge >= 0.3 is 5.97 Å². The van der Waals surface area contributed by atoms with Crippen LogP contribution < -0.4 is 5.32 Å². The van der Waals surface area contributed by atoms with Crippen molar-refractivity contribution in [3.63, 3.8) is 0 Å². The van der Waals surface area contributed by atoms with Gasteiger partial charge in [0.1, 0.15) is 5.92 Å². The molecule has 0 saturated carbocycles. The highest BCUT2D eigenvalue weighted by Crippen LogP contribution is 2.15. The summed E-state index contributed by atoms with van der Waals surface area (Å²) >= 11 is 0. The van der Waals surface area contributed by atoms with Crippen molar-refractivity contribution < 1.29 is 29.1 Å². The fourth-order valence-corrected chi connectivity index (χ4v) is 2.11. The van der Waals surface area contributed by atoms with E-state index < -0.39 is 35.1 Å². The van der Waals surface area contributed by atoms with E-state index in [2.05, 4.69) is 15.2 Å². The van der Waals surface area contributed by atoms with Crippen LogP contribution in [0.5, 0.6) is 0 Å². The number of allylic oxidation sites excluding steroid dienone is 2. The highest BCUT2D eigenvalue weighted by molar-refractivity contribution is 6.56. The van der Waals surface area contributed by atoms with Gasteiger partial charge in [0, 0.05) is 5.69 Å². The lowest BCUT2D eigenvalue weighted by Gasteiger charge is -2.14. The number of nitrogens with one attached hydrogen (secondary N) is 1. The van der Waals surface area contributed by atoms with Gasteiger partial charge in [-0.05, 0) is 38.5 Å². The second-order valence-corrected chi connectivity index (χ2v) is 5.67. The predicted molar refractivity (Wildman–Crippen MR) is 94.0 cm³/mol. The third-order valence-corrected chi connectivity index (χ3v) is 3.37. The fourth-order valence-electron chi connectivity index (χ4n) is 2.11. The number of ether oxygens (including phenoxy) is 1. The number of anilines is 1. The SMILES string of the molecule is COC(=O)C(=NO)C(C(=O)C=C(C)C)C(=O)C(=O)Nc1ccccc1C. The van der Waals surface area contributed by atoms with E-state index in [-0.39, 0.29) is 0 Å². The summed E-state index contributed by atoms with van der Waals surface area (Å²) < 4.78 is 4.42. The number of oxime groups is 1. The van der Waals surface area contributed by atoms with Crippen LogP contribution >= 0.6 is 0 Å². The van der Waals surface area contributed by atoms with Crippen molar-refractivity contribution in [3.8, 4) is 0 Å². The van der Waals surface area contributed by atoms with E-state index >= 15 is 0 Å². The maximum Gasteiger partial charge on any atom is 0.357 e. The number of hydrogen-bond acceptors (Lipinski definition) is 7. The van der Waals surface area contributed by atoms with E-state index in [9.17, 15) is 19.2 Å². The first-order valence-electron chi connectivity index (χ1n) is 7.62. The Labute approximate surface area is 150 Å². The molecule has 1 unspecified atom stereocenters. The van der Waals surface area contributed by atoms with E-state index in [1.54, 1.807) is 45.0 Å². The number of esters is 1. The summed E-state index contributed by atoms with van der Waals surface area (Å²) in [6, 6.07) is 6.71. The lowest BCUT2D eigenvalue weighted by atomic mass is 9.91. The normalized spacial score (nSPS) is 11.9. The zero-order valence-electron chi connectivity index (χ0n) is 14.9. The van der Waals surface area contributed by atoms with Crippen LogP contribution in [0.1, 0.15) is 19.4 Å². The Morgan fingerprint density at radius 2 is 1.81 bits per heavy atom. The number of hydrogen-bond donors (Lipinski definition) is 2. The second-order valence-electron chi connectivity index (χ2n) is 5.67. The van der Waals surface area contributed by atoms with Gasteiger partial charge in [0.15, 0.2) is 11.5 Å². The van der Waals surface area contributed by atoms with Crippen molar-refractivity contribution in [1.29, 1.82) is 0 Å². The Morgan fingerprint density at radius 3 is 2.31 bits per heavy atom. The van der Waals surface area contributed by atoms with Crippen LogP contribution in [0.25, 0.3) is 0 Å². The number of methoxy groups -OCH3 is 1. The lowest BCUT2D eigenvalue weighted by Crippen LogP contribution is -2.42. The molecule has 0 aliphatic rings. The number of nitrogens with zero attached hydrogens (tertiary/aromatic N) is 1. The van der Waals surface area contributed by atoms with E-state index in [1.807, 2.05) is 0 Å². The number of aryl methyl sites for hydroxylation is 1. The topological polar surface area (TPSA) is 122 Å². The third-order valence-electron chi connectivity index (χ3n) is 3.37. The molecule has 8 nitrogen and oxygen atoms in total. The van der Waals surface area contributed by atoms with Crippen molar-refractivity contribution in [2.24, 2.45) is 11.1 Å². The minimum absolute atomic E-state index is 0.375. The van der Waals surface area contributed by atoms with Gasteiger partial charge in [-0.3, -0.25) is 14.4 Å². The Morgan fingerprint density at radius 1 is 1.19 bits per heavy atom. The smallest absolute Gasteiger partial charge is 0.357 e. The summed E-state index contributed by atoms with van der Waals surface area (Å²) in [5.41, 5.74) is 0.749. The molecule has 138 valence electrons. The van der Waals surface area contributed by atoms with Crippen LogP contribution in [-0.4, -0.2) is 41.5 Å². The van der Waals surface area contributed by atoms with Crippen LogP contribution in [0.3, 0.4) is 0 Å². The van der Waals surface area contributed by atoms with E-state index in [1.165, 1.54) is 0 Å². The van der Waals surface area contributed by atoms with E-state index in [4.69, 9.17) is 5.21 Å². The third kappa shape index (κ3) is 5.10. The van der Waals surface area contributed by atoms with Gasteiger partial charge in [0.05, 0.1) is 7.11 Å². The average Bonchev–Trinajstić information content (AvgIpc) is 2.59. The van der Waals surface area contributed by atoms with Crippen LogP contribution in [0.4, 0.5) is 5.69 Å². The number of ketones is 2. The van der Waals surface area contributed by atoms with Crippen molar-refractivity contribution in [1.82, 2.24) is 0 Å². The minimum Gasteiger partial charge on any atom is -0.464 e. The van der Waals surface area contributed by atoms with E-state index in [0.717, 1.165) is 13.2 Å². The molecule has 0 saturated heterocycles. The lowest BCUT2D eigenvalue weighted by molar-refractivity contribution is -0.140. The van der Waals surface area contributed by atoms with Gasteiger partial charge in [-0.1, -0.05) is 28.9 Å². The number of Topliss-reactive ketones (excluding diaryl/α,β-unsaturated/α-hetero) is 1. The molecule has 1 aromatic carbocycles. The largest absolute Gasteiger partial charge is 0.464 e. The van der Waals surface area contributed by atoms with Crippen LogP contribution in [0.2, 0.25) is 0 Å². The van der Waals surface area contributed by atoms with Crippen molar-refractivity contribution >= 4 is 34.8 Å². The van der Waals surface area contributed by atoms with E-state index in [0.29, 0.717) is 16.8 Å². The Hall–Kier alpha value is -3.29. The number of carbonyl (C=O) groups is 4. The van der Waals surface area contributed by atoms with Crippen LogP contribution in [0, 0.1) is 12.8 Å². The zero-order valence-corrected chi connectivity index (χ0v) is 14.9. The van der Waals surface area contributed by atoms with Gasteiger partial charge in [-0.15, -0.1) is 0 Å². The number of carbonyl (C=O) groups excluding carboxylic acids is 4. The summed E-state index contributed by atoms with van der Waals surface area (Å²) in [5.74, 6) is -6.33. The van der Waals surface area contributed by atoms with Crippen molar-refractivity contribution in [2.75, 3.05) is 12.4 Å². The molecule has 0 fully saturated rings. The predicted octanol–water partition coefficient (Wildman–Crippen LogP) is 1.66. The molecule has 1 aromatic rings. The quantitative estimate of drug-likeness (QED) is 0.145. The van der Waals surface area contributed by atoms with Gasteiger partial charge in [-0.25, -0.2) is 4.79 Å². The second kappa shape index (κ2) is 9.26. The van der Waals surface area contributed by atoms with Gasteiger partial charge in [-0.2, -0.15) is 0 Å². The van der Waals surface area contributed by atoms with Crippen LogP contribution in [0.15, 0.2) is 41.1 Å². The summed E-state index contributed by atoms with van der Waals surface area (Å²) in [4.78, 5) is 49.0. The summed E-state index contributed by atoms with van der Waals surface area (Å²) in [6.07, 6.45) is 1.08. The number of benzene rings is 1. The molecule has 0 aromatic heterocycles. The molecule has 2 N–H and O–H groups in total. The number of para-hydroxylation sites is 1. The molecule has 0 heterocycles. The molecule has 0 aliphatic carbocycles. The molecule has 8 heteroatoms. The fraction of sp³-hybridized carbons (Fsp3) is 0.278. The standard InChI is InChI=1S/C18H20N2O6/c1-10(2)9-13(21)14(15(20-25)18(24)26-4)16(22)17(23)19-12-8-6-5-7-11(12)3/h5-9,14,25H,1-4H3,(H,19,23). The summed E-state index contributed by atoms with van der Waals surface area (Å²) in [7, 11) is 0.994. The molecular weight excluding hydrogens is 340 g/mol. The average molecular weight is 360 g/mol. The Kier molecular flexibility index (Phi) is 7.39. The highest BCUT2D eigenvalue weighted by atomic mass is 16.5. The molecule has 0 aliphatic heterocycles. The summed E-state index contributed by atoms with van der Waals surface area (Å²) in [5, 5.41) is 14.2. The zero-order chi connectivity index (χ0) is 19.9. The van der Waals surface area contributed by atoms with Crippen molar-refractivity contribution in [2.45, 2.75) is 20.8 Å². The Bertz CT molecular complexity index is 791. The number of rotatable bonds is 7. The molecule has 0 radical (unpaired) electrons. The van der Waals surface area contributed by atoms with Gasteiger partial charge in [0.25, 0.3) is 5.91 Å². The molecule has 0 bridgehead atoms.